The number of hydrogen-bond donors (Lipinski definition) is 1. The van der Waals surface area contributed by atoms with E-state index in [4.69, 9.17) is 4.42 Å². The summed E-state index contributed by atoms with van der Waals surface area (Å²) in [6.45, 7) is 4.39. The third-order valence-corrected chi connectivity index (χ3v) is 4.42. The van der Waals surface area contributed by atoms with Crippen molar-refractivity contribution in [2.45, 2.75) is 20.4 Å². The van der Waals surface area contributed by atoms with E-state index in [0.717, 1.165) is 22.6 Å². The standard InChI is InChI=1S/C21H19N5O2/c1-14-15(2)28-21(24-14)18-4-3-5-19(10-18)25-20(27)17-8-6-16(7-9-17)11-26-13-22-12-23-26/h3-10,12-13H,11H2,1-2H3,(H,25,27). The van der Waals surface area contributed by atoms with Gasteiger partial charge < -0.3 is 9.73 Å². The average Bonchev–Trinajstić information content (AvgIpc) is 3.32. The number of benzene rings is 2. The lowest BCUT2D eigenvalue weighted by molar-refractivity contribution is 0.102. The van der Waals surface area contributed by atoms with Gasteiger partial charge in [0.05, 0.1) is 12.2 Å². The highest BCUT2D eigenvalue weighted by Crippen LogP contribution is 2.24. The number of rotatable bonds is 5. The molecule has 0 saturated carbocycles. The van der Waals surface area contributed by atoms with Gasteiger partial charge in [0.25, 0.3) is 5.91 Å². The highest BCUT2D eigenvalue weighted by Gasteiger charge is 2.11. The number of aromatic nitrogens is 4. The number of nitrogens with one attached hydrogen (secondary N) is 1. The van der Waals surface area contributed by atoms with Gasteiger partial charge in [0.1, 0.15) is 18.4 Å². The fraction of sp³-hybridized carbons (Fsp3) is 0.143. The zero-order chi connectivity index (χ0) is 19.5. The van der Waals surface area contributed by atoms with E-state index < -0.39 is 0 Å². The van der Waals surface area contributed by atoms with Crippen LogP contribution in [0.15, 0.2) is 65.6 Å². The minimum absolute atomic E-state index is 0.177. The monoisotopic (exact) mass is 373 g/mol. The van der Waals surface area contributed by atoms with E-state index >= 15 is 0 Å². The summed E-state index contributed by atoms with van der Waals surface area (Å²) < 4.78 is 7.39. The van der Waals surface area contributed by atoms with Gasteiger partial charge in [0, 0.05) is 16.8 Å². The van der Waals surface area contributed by atoms with Crippen molar-refractivity contribution in [2.24, 2.45) is 0 Å². The van der Waals surface area contributed by atoms with Crippen molar-refractivity contribution in [2.75, 3.05) is 5.32 Å². The Labute approximate surface area is 162 Å². The lowest BCUT2D eigenvalue weighted by Gasteiger charge is -2.07. The third-order valence-electron chi connectivity index (χ3n) is 4.42. The van der Waals surface area contributed by atoms with E-state index in [9.17, 15) is 4.79 Å². The summed E-state index contributed by atoms with van der Waals surface area (Å²) in [4.78, 5) is 20.9. The summed E-state index contributed by atoms with van der Waals surface area (Å²) >= 11 is 0. The Hall–Kier alpha value is -3.74. The largest absolute Gasteiger partial charge is 0.441 e. The Morgan fingerprint density at radius 2 is 1.96 bits per heavy atom. The van der Waals surface area contributed by atoms with Gasteiger partial charge >= 0.3 is 0 Å². The molecule has 4 rings (SSSR count). The van der Waals surface area contributed by atoms with Crippen LogP contribution in [0.4, 0.5) is 5.69 Å². The molecule has 1 amide bonds. The first-order valence-corrected chi connectivity index (χ1v) is 8.85. The van der Waals surface area contributed by atoms with E-state index in [2.05, 4.69) is 20.4 Å². The molecule has 2 aromatic heterocycles. The maximum Gasteiger partial charge on any atom is 0.255 e. The molecule has 2 heterocycles. The Kier molecular flexibility index (Phi) is 4.72. The van der Waals surface area contributed by atoms with Crippen molar-refractivity contribution in [1.29, 1.82) is 0 Å². The highest BCUT2D eigenvalue weighted by molar-refractivity contribution is 6.04. The molecule has 0 unspecified atom stereocenters. The zero-order valence-corrected chi connectivity index (χ0v) is 15.6. The second-order valence-corrected chi connectivity index (χ2v) is 6.49. The molecule has 1 N–H and O–H groups in total. The molecule has 7 heteroatoms. The van der Waals surface area contributed by atoms with Crippen LogP contribution in [-0.2, 0) is 6.54 Å². The topological polar surface area (TPSA) is 85.8 Å². The molecule has 0 fully saturated rings. The minimum Gasteiger partial charge on any atom is -0.441 e. The molecule has 0 aliphatic carbocycles. The summed E-state index contributed by atoms with van der Waals surface area (Å²) in [6, 6.07) is 14.9. The number of hydrogen-bond acceptors (Lipinski definition) is 5. The molecule has 0 aliphatic heterocycles. The molecule has 140 valence electrons. The molecule has 7 nitrogen and oxygen atoms in total. The number of aryl methyl sites for hydroxylation is 2. The highest BCUT2D eigenvalue weighted by atomic mass is 16.4. The Morgan fingerprint density at radius 1 is 1.14 bits per heavy atom. The SMILES string of the molecule is Cc1nc(-c2cccc(NC(=O)c3ccc(Cn4cncn4)cc3)c2)oc1C. The maximum absolute atomic E-state index is 12.6. The minimum atomic E-state index is -0.177. The van der Waals surface area contributed by atoms with Crippen LogP contribution in [0, 0.1) is 13.8 Å². The van der Waals surface area contributed by atoms with Crippen molar-refractivity contribution < 1.29 is 9.21 Å². The predicted molar refractivity (Wildman–Crippen MR) is 105 cm³/mol. The second-order valence-electron chi connectivity index (χ2n) is 6.49. The van der Waals surface area contributed by atoms with Crippen LogP contribution >= 0.6 is 0 Å². The molecule has 0 radical (unpaired) electrons. The van der Waals surface area contributed by atoms with Crippen LogP contribution < -0.4 is 5.32 Å². The van der Waals surface area contributed by atoms with E-state index in [0.29, 0.717) is 23.7 Å². The molecule has 0 spiro atoms. The molecular weight excluding hydrogens is 354 g/mol. The maximum atomic E-state index is 12.6. The van der Waals surface area contributed by atoms with Crippen molar-refractivity contribution in [3.05, 3.63) is 83.8 Å². The van der Waals surface area contributed by atoms with Gasteiger partial charge in [0.2, 0.25) is 5.89 Å². The molecule has 0 bridgehead atoms. The average molecular weight is 373 g/mol. The van der Waals surface area contributed by atoms with Crippen LogP contribution in [0.2, 0.25) is 0 Å². The van der Waals surface area contributed by atoms with E-state index in [-0.39, 0.29) is 5.91 Å². The van der Waals surface area contributed by atoms with E-state index in [1.165, 1.54) is 6.33 Å². The van der Waals surface area contributed by atoms with Crippen LogP contribution in [-0.4, -0.2) is 25.7 Å². The normalized spacial score (nSPS) is 10.8. The summed E-state index contributed by atoms with van der Waals surface area (Å²) in [6.07, 6.45) is 3.15. The Balaban J connectivity index is 1.46. The first-order valence-electron chi connectivity index (χ1n) is 8.85. The number of amides is 1. The summed E-state index contributed by atoms with van der Waals surface area (Å²) in [5.74, 6) is 1.16. The molecule has 2 aromatic carbocycles. The number of carbonyl (C=O) groups excluding carboxylic acids is 1. The van der Waals surface area contributed by atoms with E-state index in [1.807, 2.05) is 50.2 Å². The van der Waals surface area contributed by atoms with Gasteiger partial charge in [-0.3, -0.25) is 4.79 Å². The van der Waals surface area contributed by atoms with Gasteiger partial charge in [0.15, 0.2) is 0 Å². The van der Waals surface area contributed by atoms with Gasteiger partial charge in [-0.1, -0.05) is 18.2 Å². The smallest absolute Gasteiger partial charge is 0.255 e. The van der Waals surface area contributed by atoms with Crippen molar-refractivity contribution >= 4 is 11.6 Å². The summed E-state index contributed by atoms with van der Waals surface area (Å²) in [7, 11) is 0. The molecule has 0 saturated heterocycles. The number of oxazole rings is 1. The number of anilines is 1. The Morgan fingerprint density at radius 3 is 2.64 bits per heavy atom. The predicted octanol–water partition coefficient (Wildman–Crippen LogP) is 3.85. The first-order chi connectivity index (χ1) is 13.6. The van der Waals surface area contributed by atoms with Crippen LogP contribution in [0.1, 0.15) is 27.4 Å². The molecular formula is C21H19N5O2. The van der Waals surface area contributed by atoms with Gasteiger partial charge in [-0.25, -0.2) is 14.6 Å². The third kappa shape index (κ3) is 3.83. The van der Waals surface area contributed by atoms with Crippen LogP contribution in [0.3, 0.4) is 0 Å². The number of nitrogens with zero attached hydrogens (tertiary/aromatic N) is 4. The fourth-order valence-electron chi connectivity index (χ4n) is 2.79. The fourth-order valence-corrected chi connectivity index (χ4v) is 2.79. The van der Waals surface area contributed by atoms with Gasteiger partial charge in [-0.15, -0.1) is 0 Å². The molecule has 28 heavy (non-hydrogen) atoms. The van der Waals surface area contributed by atoms with Crippen molar-refractivity contribution in [3.8, 4) is 11.5 Å². The Bertz CT molecular complexity index is 1080. The first kappa shape index (κ1) is 17.7. The molecule has 0 atom stereocenters. The summed E-state index contributed by atoms with van der Waals surface area (Å²) in [5.41, 5.74) is 3.98. The molecule has 0 aliphatic rings. The van der Waals surface area contributed by atoms with Crippen LogP contribution in [0.25, 0.3) is 11.5 Å². The quantitative estimate of drug-likeness (QED) is 0.574. The lowest BCUT2D eigenvalue weighted by atomic mass is 10.1. The zero-order valence-electron chi connectivity index (χ0n) is 15.6. The number of carbonyl (C=O) groups is 1. The van der Waals surface area contributed by atoms with Crippen molar-refractivity contribution in [3.63, 3.8) is 0 Å². The summed E-state index contributed by atoms with van der Waals surface area (Å²) in [5, 5.41) is 7.00. The van der Waals surface area contributed by atoms with E-state index in [1.54, 1.807) is 23.1 Å². The van der Waals surface area contributed by atoms with Crippen LogP contribution in [0.5, 0.6) is 0 Å². The molecule has 4 aromatic rings. The van der Waals surface area contributed by atoms with Gasteiger partial charge in [-0.2, -0.15) is 5.10 Å². The van der Waals surface area contributed by atoms with Crippen molar-refractivity contribution in [1.82, 2.24) is 19.7 Å². The van der Waals surface area contributed by atoms with Gasteiger partial charge in [-0.05, 0) is 49.7 Å². The second kappa shape index (κ2) is 7.48. The lowest BCUT2D eigenvalue weighted by Crippen LogP contribution is -2.12.